The van der Waals surface area contributed by atoms with E-state index < -0.39 is 12.6 Å². The van der Waals surface area contributed by atoms with E-state index in [9.17, 15) is 13.2 Å². The van der Waals surface area contributed by atoms with E-state index in [1.165, 1.54) is 11.3 Å². The minimum Gasteiger partial charge on any atom is -0.326 e. The molecular formula is C8H11F3N2S. The van der Waals surface area contributed by atoms with Gasteiger partial charge in [0, 0.05) is 24.3 Å². The number of aromatic nitrogens is 1. The molecule has 0 bridgehead atoms. The van der Waals surface area contributed by atoms with Gasteiger partial charge < -0.3 is 5.73 Å². The average Bonchev–Trinajstić information content (AvgIpc) is 2.42. The van der Waals surface area contributed by atoms with Gasteiger partial charge in [-0.1, -0.05) is 0 Å². The largest absolute Gasteiger partial charge is 0.389 e. The first kappa shape index (κ1) is 11.5. The fourth-order valence-corrected chi connectivity index (χ4v) is 1.98. The summed E-state index contributed by atoms with van der Waals surface area (Å²) < 4.78 is 35.6. The van der Waals surface area contributed by atoms with Crippen LogP contribution in [0.25, 0.3) is 0 Å². The fraction of sp³-hybridized carbons (Fsp3) is 0.625. The van der Waals surface area contributed by atoms with Crippen LogP contribution in [0.3, 0.4) is 0 Å². The Kier molecular flexibility index (Phi) is 3.49. The third kappa shape index (κ3) is 3.26. The van der Waals surface area contributed by atoms with Crippen molar-refractivity contribution in [1.82, 2.24) is 4.98 Å². The molecule has 1 rings (SSSR count). The van der Waals surface area contributed by atoms with Crippen molar-refractivity contribution in [3.63, 3.8) is 0 Å². The lowest BCUT2D eigenvalue weighted by atomic mass is 10.3. The summed E-state index contributed by atoms with van der Waals surface area (Å²) in [5.74, 6) is 0. The monoisotopic (exact) mass is 224 g/mol. The number of aryl methyl sites for hydroxylation is 2. The molecule has 0 amide bonds. The summed E-state index contributed by atoms with van der Waals surface area (Å²) in [6, 6.07) is 0. The third-order valence-corrected chi connectivity index (χ3v) is 2.98. The topological polar surface area (TPSA) is 38.9 Å². The molecule has 1 aromatic heterocycles. The Hall–Kier alpha value is -0.620. The van der Waals surface area contributed by atoms with Gasteiger partial charge in [-0.25, -0.2) is 4.98 Å². The second kappa shape index (κ2) is 4.27. The molecule has 14 heavy (non-hydrogen) atoms. The Bertz CT molecular complexity index is 306. The van der Waals surface area contributed by atoms with Crippen LogP contribution in [-0.4, -0.2) is 11.2 Å². The lowest BCUT2D eigenvalue weighted by Crippen LogP contribution is -2.08. The van der Waals surface area contributed by atoms with Crippen LogP contribution in [0, 0.1) is 6.92 Å². The molecule has 0 aromatic carbocycles. The Labute approximate surface area is 84.0 Å². The zero-order valence-electron chi connectivity index (χ0n) is 7.69. The Morgan fingerprint density at radius 2 is 2.07 bits per heavy atom. The van der Waals surface area contributed by atoms with E-state index in [0.717, 1.165) is 10.6 Å². The summed E-state index contributed by atoms with van der Waals surface area (Å²) in [4.78, 5) is 4.89. The molecule has 0 radical (unpaired) electrons. The highest BCUT2D eigenvalue weighted by Crippen LogP contribution is 2.25. The highest BCUT2D eigenvalue weighted by atomic mass is 32.1. The van der Waals surface area contributed by atoms with E-state index in [4.69, 9.17) is 5.73 Å². The average molecular weight is 224 g/mol. The first-order valence-electron chi connectivity index (χ1n) is 4.14. The van der Waals surface area contributed by atoms with Crippen LogP contribution < -0.4 is 5.73 Å². The van der Waals surface area contributed by atoms with Gasteiger partial charge in [0.15, 0.2) is 0 Å². The van der Waals surface area contributed by atoms with Gasteiger partial charge >= 0.3 is 6.18 Å². The predicted molar refractivity (Wildman–Crippen MR) is 49.1 cm³/mol. The van der Waals surface area contributed by atoms with E-state index in [1.807, 2.05) is 0 Å². The Balaban J connectivity index is 2.60. The minimum atomic E-state index is -4.11. The van der Waals surface area contributed by atoms with Gasteiger partial charge in [0.05, 0.1) is 10.7 Å². The summed E-state index contributed by atoms with van der Waals surface area (Å²) in [6.07, 6.45) is -4.97. The molecule has 6 heteroatoms. The number of halogens is 3. The van der Waals surface area contributed by atoms with E-state index in [1.54, 1.807) is 6.92 Å². The summed E-state index contributed by atoms with van der Waals surface area (Å²) in [6.45, 7) is 2.10. The number of nitrogens with zero attached hydrogens (tertiary/aromatic N) is 1. The number of alkyl halides is 3. The molecule has 0 saturated carbocycles. The van der Waals surface area contributed by atoms with Gasteiger partial charge in [-0.3, -0.25) is 0 Å². The van der Waals surface area contributed by atoms with Crippen LogP contribution in [0.2, 0.25) is 0 Å². The van der Waals surface area contributed by atoms with Gasteiger partial charge in [0.1, 0.15) is 0 Å². The maximum atomic E-state index is 11.9. The summed E-state index contributed by atoms with van der Waals surface area (Å²) in [5.41, 5.74) is 6.14. The highest BCUT2D eigenvalue weighted by molar-refractivity contribution is 7.11. The molecular weight excluding hydrogens is 213 g/mol. The normalized spacial score (nSPS) is 12.1. The second-order valence-electron chi connectivity index (χ2n) is 2.94. The molecule has 0 unspecified atom stereocenters. The van der Waals surface area contributed by atoms with Crippen molar-refractivity contribution in [2.24, 2.45) is 5.73 Å². The number of rotatable bonds is 3. The Morgan fingerprint density at radius 3 is 2.50 bits per heavy atom. The van der Waals surface area contributed by atoms with Crippen LogP contribution in [0.1, 0.15) is 22.0 Å². The standard InChI is InChI=1S/C8H11F3N2S/c1-5-6(4-12)14-7(13-5)2-3-8(9,10)11/h2-4,12H2,1H3. The van der Waals surface area contributed by atoms with Crippen molar-refractivity contribution >= 4 is 11.3 Å². The van der Waals surface area contributed by atoms with E-state index >= 15 is 0 Å². The first-order chi connectivity index (χ1) is 6.42. The maximum Gasteiger partial charge on any atom is 0.389 e. The molecule has 0 aliphatic heterocycles. The van der Waals surface area contributed by atoms with Crippen LogP contribution in [0.4, 0.5) is 13.2 Å². The molecule has 1 heterocycles. The highest BCUT2D eigenvalue weighted by Gasteiger charge is 2.27. The third-order valence-electron chi connectivity index (χ3n) is 1.74. The first-order valence-corrected chi connectivity index (χ1v) is 4.96. The van der Waals surface area contributed by atoms with Crippen molar-refractivity contribution < 1.29 is 13.2 Å². The number of hydrogen-bond acceptors (Lipinski definition) is 3. The smallest absolute Gasteiger partial charge is 0.326 e. The van der Waals surface area contributed by atoms with Gasteiger partial charge in [-0.05, 0) is 6.92 Å². The van der Waals surface area contributed by atoms with Crippen LogP contribution in [-0.2, 0) is 13.0 Å². The lowest BCUT2D eigenvalue weighted by Gasteiger charge is -2.02. The van der Waals surface area contributed by atoms with Crippen molar-refractivity contribution in [1.29, 1.82) is 0 Å². The Morgan fingerprint density at radius 1 is 1.43 bits per heavy atom. The zero-order chi connectivity index (χ0) is 10.8. The quantitative estimate of drug-likeness (QED) is 0.856. The van der Waals surface area contributed by atoms with E-state index in [-0.39, 0.29) is 6.42 Å². The molecule has 0 fully saturated rings. The molecule has 0 aliphatic carbocycles. The minimum absolute atomic E-state index is 0.0466. The van der Waals surface area contributed by atoms with Crippen molar-refractivity contribution in [3.05, 3.63) is 15.6 Å². The molecule has 0 spiro atoms. The van der Waals surface area contributed by atoms with Crippen molar-refractivity contribution in [2.75, 3.05) is 0 Å². The molecule has 0 atom stereocenters. The van der Waals surface area contributed by atoms with E-state index in [2.05, 4.69) is 4.98 Å². The fourth-order valence-electron chi connectivity index (χ4n) is 1.03. The number of nitrogens with two attached hydrogens (primary N) is 1. The summed E-state index contributed by atoms with van der Waals surface area (Å²) >= 11 is 1.26. The van der Waals surface area contributed by atoms with Crippen molar-refractivity contribution in [3.8, 4) is 0 Å². The number of thiazole rings is 1. The molecule has 2 nitrogen and oxygen atoms in total. The number of hydrogen-bond donors (Lipinski definition) is 1. The van der Waals surface area contributed by atoms with Gasteiger partial charge in [0.2, 0.25) is 0 Å². The van der Waals surface area contributed by atoms with Crippen LogP contribution in [0.5, 0.6) is 0 Å². The lowest BCUT2D eigenvalue weighted by molar-refractivity contribution is -0.134. The maximum absolute atomic E-state index is 11.9. The molecule has 2 N–H and O–H groups in total. The van der Waals surface area contributed by atoms with E-state index in [0.29, 0.717) is 11.6 Å². The van der Waals surface area contributed by atoms with Crippen molar-refractivity contribution in [2.45, 2.75) is 32.5 Å². The van der Waals surface area contributed by atoms with Gasteiger partial charge in [-0.15, -0.1) is 11.3 Å². The van der Waals surface area contributed by atoms with Gasteiger partial charge in [0.25, 0.3) is 0 Å². The van der Waals surface area contributed by atoms with Gasteiger partial charge in [-0.2, -0.15) is 13.2 Å². The molecule has 80 valence electrons. The zero-order valence-corrected chi connectivity index (χ0v) is 8.50. The summed E-state index contributed by atoms with van der Waals surface area (Å²) in [7, 11) is 0. The summed E-state index contributed by atoms with van der Waals surface area (Å²) in [5, 5.41) is 0.514. The van der Waals surface area contributed by atoms with Crippen LogP contribution in [0.15, 0.2) is 0 Å². The van der Waals surface area contributed by atoms with Crippen LogP contribution >= 0.6 is 11.3 Å². The SMILES string of the molecule is Cc1nc(CCC(F)(F)F)sc1CN. The molecule has 0 aliphatic rings. The predicted octanol–water partition coefficient (Wildman–Crippen LogP) is 2.41. The molecule has 1 aromatic rings. The molecule has 0 saturated heterocycles. The second-order valence-corrected chi connectivity index (χ2v) is 4.10.